The molecule has 0 aliphatic heterocycles. The lowest BCUT2D eigenvalue weighted by Gasteiger charge is -2.04. The fourth-order valence-corrected chi connectivity index (χ4v) is 2.09. The third kappa shape index (κ3) is 1.63. The van der Waals surface area contributed by atoms with Gasteiger partial charge in [0.2, 0.25) is 0 Å². The van der Waals surface area contributed by atoms with E-state index < -0.39 is 0 Å². The van der Waals surface area contributed by atoms with Gasteiger partial charge in [0.15, 0.2) is 5.78 Å². The Balaban J connectivity index is 2.43. The van der Waals surface area contributed by atoms with Gasteiger partial charge in [0, 0.05) is 0 Å². The molecule has 72 valence electrons. The minimum absolute atomic E-state index is 0.237. The fraction of sp³-hybridized carbons (Fsp3) is 0.308. The Bertz CT molecular complexity index is 373. The number of hydrogen-bond donors (Lipinski definition) is 0. The van der Waals surface area contributed by atoms with Crippen LogP contribution in [0.5, 0.6) is 0 Å². The zero-order chi connectivity index (χ0) is 9.97. The van der Waals surface area contributed by atoms with Crippen LogP contribution in [0, 0.1) is 0 Å². The highest BCUT2D eigenvalue weighted by Gasteiger charge is 2.18. The summed E-state index contributed by atoms with van der Waals surface area (Å²) in [6, 6.07) is 10.2. The van der Waals surface area contributed by atoms with Gasteiger partial charge in [-0.2, -0.15) is 0 Å². The monoisotopic (exact) mass is 186 g/mol. The molecule has 0 N–H and O–H groups in total. The number of benzene rings is 1. The van der Waals surface area contributed by atoms with E-state index in [0.29, 0.717) is 0 Å². The summed E-state index contributed by atoms with van der Waals surface area (Å²) in [6.07, 6.45) is 3.14. The quantitative estimate of drug-likeness (QED) is 0.693. The van der Waals surface area contributed by atoms with Crippen LogP contribution in [0.4, 0.5) is 0 Å². The number of rotatable bonds is 2. The van der Waals surface area contributed by atoms with Crippen molar-refractivity contribution in [2.45, 2.75) is 26.2 Å². The molecule has 0 amide bonds. The maximum atomic E-state index is 11.4. The average Bonchev–Trinajstić information content (AvgIpc) is 2.67. The maximum Gasteiger partial charge on any atom is 0.156 e. The number of carbonyl (C=O) groups excluding carboxylic acids is 1. The first kappa shape index (κ1) is 9.20. The topological polar surface area (TPSA) is 17.1 Å². The summed E-state index contributed by atoms with van der Waals surface area (Å²) >= 11 is 0. The molecule has 0 spiro atoms. The fourth-order valence-electron chi connectivity index (χ4n) is 2.09. The van der Waals surface area contributed by atoms with Crippen LogP contribution >= 0.6 is 0 Å². The summed E-state index contributed by atoms with van der Waals surface area (Å²) in [5.74, 6) is 0.237. The van der Waals surface area contributed by atoms with Crippen LogP contribution in [-0.4, -0.2) is 5.78 Å². The predicted octanol–water partition coefficient (Wildman–Crippen LogP) is 3.21. The molecular formula is C13H14O. The van der Waals surface area contributed by atoms with Crippen molar-refractivity contribution in [1.29, 1.82) is 0 Å². The third-order valence-electron chi connectivity index (χ3n) is 2.77. The largest absolute Gasteiger partial charge is 0.295 e. The Morgan fingerprint density at radius 3 is 2.50 bits per heavy atom. The molecule has 14 heavy (non-hydrogen) atoms. The Hall–Kier alpha value is -1.37. The van der Waals surface area contributed by atoms with Crippen molar-refractivity contribution in [3.63, 3.8) is 0 Å². The molecule has 0 aromatic heterocycles. The van der Waals surface area contributed by atoms with Gasteiger partial charge >= 0.3 is 0 Å². The van der Waals surface area contributed by atoms with E-state index in [1.54, 1.807) is 6.92 Å². The van der Waals surface area contributed by atoms with Crippen molar-refractivity contribution in [3.8, 4) is 0 Å². The van der Waals surface area contributed by atoms with Crippen molar-refractivity contribution in [1.82, 2.24) is 0 Å². The standard InChI is InChI=1S/C13H14O/c1-10(14)12-8-5-9-13(12)11-6-3-2-4-7-11/h2-4,6-7H,5,8-9H2,1H3. The summed E-state index contributed by atoms with van der Waals surface area (Å²) in [6.45, 7) is 1.67. The van der Waals surface area contributed by atoms with E-state index in [-0.39, 0.29) is 5.78 Å². The van der Waals surface area contributed by atoms with Gasteiger partial charge in [-0.15, -0.1) is 0 Å². The van der Waals surface area contributed by atoms with Crippen molar-refractivity contribution in [2.24, 2.45) is 0 Å². The molecule has 1 heteroatoms. The van der Waals surface area contributed by atoms with Crippen LogP contribution in [-0.2, 0) is 4.79 Å². The molecular weight excluding hydrogens is 172 g/mol. The molecule has 1 aromatic rings. The van der Waals surface area contributed by atoms with Crippen molar-refractivity contribution >= 4 is 11.4 Å². The molecule has 0 saturated heterocycles. The highest BCUT2D eigenvalue weighted by atomic mass is 16.1. The lowest BCUT2D eigenvalue weighted by molar-refractivity contribution is -0.113. The lowest BCUT2D eigenvalue weighted by Crippen LogP contribution is -1.95. The molecule has 1 aromatic carbocycles. The van der Waals surface area contributed by atoms with Gasteiger partial charge in [-0.25, -0.2) is 0 Å². The number of carbonyl (C=O) groups is 1. The number of Topliss-reactive ketones (excluding diaryl/α,β-unsaturated/α-hetero) is 1. The Morgan fingerprint density at radius 2 is 1.86 bits per heavy atom. The Morgan fingerprint density at radius 1 is 1.14 bits per heavy atom. The zero-order valence-electron chi connectivity index (χ0n) is 8.42. The Labute approximate surface area is 84.5 Å². The van der Waals surface area contributed by atoms with Gasteiger partial charge < -0.3 is 0 Å². The third-order valence-corrected chi connectivity index (χ3v) is 2.77. The van der Waals surface area contributed by atoms with Crippen LogP contribution in [0.3, 0.4) is 0 Å². The first-order valence-electron chi connectivity index (χ1n) is 5.07. The molecule has 1 aliphatic rings. The van der Waals surface area contributed by atoms with E-state index in [0.717, 1.165) is 24.8 Å². The SMILES string of the molecule is CC(=O)C1=C(c2ccccc2)CCC1. The van der Waals surface area contributed by atoms with E-state index in [4.69, 9.17) is 0 Å². The zero-order valence-corrected chi connectivity index (χ0v) is 8.42. The summed E-state index contributed by atoms with van der Waals surface area (Å²) in [7, 11) is 0. The molecule has 0 saturated carbocycles. The first-order chi connectivity index (χ1) is 6.79. The molecule has 0 bridgehead atoms. The van der Waals surface area contributed by atoms with Gasteiger partial charge in [0.25, 0.3) is 0 Å². The summed E-state index contributed by atoms with van der Waals surface area (Å²) in [5.41, 5.74) is 3.52. The van der Waals surface area contributed by atoms with Gasteiger partial charge in [0.1, 0.15) is 0 Å². The van der Waals surface area contributed by atoms with Gasteiger partial charge in [-0.05, 0) is 42.9 Å². The highest BCUT2D eigenvalue weighted by Crippen LogP contribution is 2.33. The van der Waals surface area contributed by atoms with E-state index in [1.807, 2.05) is 18.2 Å². The van der Waals surface area contributed by atoms with E-state index in [1.165, 1.54) is 11.1 Å². The summed E-state index contributed by atoms with van der Waals surface area (Å²) < 4.78 is 0. The smallest absolute Gasteiger partial charge is 0.156 e. The maximum absolute atomic E-state index is 11.4. The predicted molar refractivity (Wildman–Crippen MR) is 57.9 cm³/mol. The molecule has 0 fully saturated rings. The Kier molecular flexibility index (Phi) is 2.49. The average molecular weight is 186 g/mol. The van der Waals surface area contributed by atoms with Crippen LogP contribution in [0.2, 0.25) is 0 Å². The van der Waals surface area contributed by atoms with Crippen LogP contribution < -0.4 is 0 Å². The summed E-state index contributed by atoms with van der Waals surface area (Å²) in [4.78, 5) is 11.4. The van der Waals surface area contributed by atoms with Crippen molar-refractivity contribution < 1.29 is 4.79 Å². The van der Waals surface area contributed by atoms with Crippen LogP contribution in [0.1, 0.15) is 31.7 Å². The lowest BCUT2D eigenvalue weighted by atomic mass is 10.0. The minimum atomic E-state index is 0.237. The van der Waals surface area contributed by atoms with E-state index in [2.05, 4.69) is 12.1 Å². The first-order valence-corrected chi connectivity index (χ1v) is 5.07. The molecule has 0 unspecified atom stereocenters. The van der Waals surface area contributed by atoms with Gasteiger partial charge in [-0.3, -0.25) is 4.79 Å². The second-order valence-corrected chi connectivity index (χ2v) is 3.73. The molecule has 0 atom stereocenters. The number of hydrogen-bond acceptors (Lipinski definition) is 1. The van der Waals surface area contributed by atoms with E-state index in [9.17, 15) is 4.79 Å². The normalized spacial score (nSPS) is 16.1. The second kappa shape index (κ2) is 3.79. The molecule has 1 nitrogen and oxygen atoms in total. The van der Waals surface area contributed by atoms with Gasteiger partial charge in [-0.1, -0.05) is 30.3 Å². The molecule has 2 rings (SSSR count). The summed E-state index contributed by atoms with van der Waals surface area (Å²) in [5, 5.41) is 0. The molecule has 1 aliphatic carbocycles. The minimum Gasteiger partial charge on any atom is -0.295 e. The van der Waals surface area contributed by atoms with E-state index >= 15 is 0 Å². The van der Waals surface area contributed by atoms with Crippen molar-refractivity contribution in [2.75, 3.05) is 0 Å². The molecule has 0 heterocycles. The van der Waals surface area contributed by atoms with Crippen molar-refractivity contribution in [3.05, 3.63) is 41.5 Å². The molecule has 0 radical (unpaired) electrons. The van der Waals surface area contributed by atoms with Crippen LogP contribution in [0.15, 0.2) is 35.9 Å². The number of ketones is 1. The second-order valence-electron chi connectivity index (χ2n) is 3.73. The number of allylic oxidation sites excluding steroid dienone is 2. The highest BCUT2D eigenvalue weighted by molar-refractivity contribution is 6.02. The van der Waals surface area contributed by atoms with Gasteiger partial charge in [0.05, 0.1) is 0 Å². The van der Waals surface area contributed by atoms with Crippen LogP contribution in [0.25, 0.3) is 5.57 Å².